The number of aryl methyl sites for hydroxylation is 6. The summed E-state index contributed by atoms with van der Waals surface area (Å²) in [6.45, 7) is 23.3. The van der Waals surface area contributed by atoms with Gasteiger partial charge in [-0.25, -0.2) is 36.2 Å². The van der Waals surface area contributed by atoms with Gasteiger partial charge in [-0.1, -0.05) is 101 Å². The molecule has 0 spiro atoms. The number of hydrogen-bond donors (Lipinski definition) is 3. The Balaban J connectivity index is 0.000000255. The molecule has 0 bridgehead atoms. The van der Waals surface area contributed by atoms with Crippen molar-refractivity contribution >= 4 is 43.2 Å². The third-order valence-corrected chi connectivity index (χ3v) is 13.2. The van der Waals surface area contributed by atoms with E-state index >= 15 is 0 Å². The summed E-state index contributed by atoms with van der Waals surface area (Å²) in [5, 5.41) is 11.3. The Morgan fingerprint density at radius 3 is 1.29 bits per heavy atom. The minimum atomic E-state index is -4.56. The summed E-state index contributed by atoms with van der Waals surface area (Å²) in [4.78, 5) is 45.0. The smallest absolute Gasteiger partial charge is 0.289 e. The maximum absolute atomic E-state index is 13.1. The predicted molar refractivity (Wildman–Crippen MR) is 261 cm³/mol. The average Bonchev–Trinajstić information content (AvgIpc) is 3.22. The molecule has 4 N–H and O–H groups in total. The molecule has 0 radical (unpaired) electrons. The van der Waals surface area contributed by atoms with Gasteiger partial charge >= 0.3 is 0 Å². The molecule has 16 nitrogen and oxygen atoms in total. The summed E-state index contributed by atoms with van der Waals surface area (Å²) >= 11 is 0. The van der Waals surface area contributed by atoms with Crippen molar-refractivity contribution in [3.05, 3.63) is 163 Å². The van der Waals surface area contributed by atoms with Crippen LogP contribution in [0.3, 0.4) is 0 Å². The largest absolute Gasteiger partial charge is 0.438 e. The minimum Gasteiger partial charge on any atom is -0.438 e. The first-order valence-electron chi connectivity index (χ1n) is 21.3. The van der Waals surface area contributed by atoms with E-state index in [0.29, 0.717) is 22.9 Å². The summed E-state index contributed by atoms with van der Waals surface area (Å²) in [5.41, 5.74) is 11.3. The van der Waals surface area contributed by atoms with Gasteiger partial charge in [-0.2, -0.15) is 0 Å². The monoisotopic (exact) mass is 964 g/mol. The fraction of sp³-hybridized carbons (Fsp3) is 0.280. The maximum atomic E-state index is 13.1. The molecular formula is C50H56N6O10S2. The molecule has 2 amide bonds. The van der Waals surface area contributed by atoms with Crippen molar-refractivity contribution in [3.8, 4) is 23.3 Å². The summed E-state index contributed by atoms with van der Waals surface area (Å²) in [5.74, 6) is -0.834. The second-order valence-electron chi connectivity index (χ2n) is 18.4. The average molecular weight is 965 g/mol. The zero-order chi connectivity index (χ0) is 50.7. The van der Waals surface area contributed by atoms with Crippen LogP contribution in [-0.4, -0.2) is 43.5 Å². The Hall–Kier alpha value is -7.18. The summed E-state index contributed by atoms with van der Waals surface area (Å²) in [6, 6.07) is 24.8. The maximum Gasteiger partial charge on any atom is 0.289 e. The van der Waals surface area contributed by atoms with Crippen molar-refractivity contribution in [2.24, 2.45) is 0 Å². The number of aromatic nitrogens is 2. The molecule has 0 saturated heterocycles. The van der Waals surface area contributed by atoms with Crippen molar-refractivity contribution in [1.82, 2.24) is 19.4 Å². The highest BCUT2D eigenvalue weighted by Crippen LogP contribution is 2.35. The van der Waals surface area contributed by atoms with Gasteiger partial charge in [0.2, 0.25) is 11.8 Å². The van der Waals surface area contributed by atoms with E-state index in [4.69, 9.17) is 15.2 Å². The number of carbonyl (C=O) groups excluding carboxylic acids is 2. The molecule has 2 aromatic heterocycles. The number of anilines is 1. The highest BCUT2D eigenvalue weighted by Gasteiger charge is 2.31. The number of pyridine rings is 2. The van der Waals surface area contributed by atoms with Crippen LogP contribution < -0.4 is 24.7 Å². The number of benzene rings is 4. The van der Waals surface area contributed by atoms with Gasteiger partial charge in [0.1, 0.15) is 27.5 Å². The number of nitrogens with zero attached hydrogens (tertiary/aromatic N) is 3. The molecule has 0 aliphatic carbocycles. The van der Waals surface area contributed by atoms with E-state index in [2.05, 4.69) is 14.7 Å². The van der Waals surface area contributed by atoms with Gasteiger partial charge in [0.25, 0.3) is 37.5 Å². The van der Waals surface area contributed by atoms with E-state index in [1.165, 1.54) is 42.5 Å². The molecule has 4 aromatic carbocycles. The second-order valence-corrected chi connectivity index (χ2v) is 21.7. The first-order valence-corrected chi connectivity index (χ1v) is 24.2. The molecular weight excluding hydrogens is 909 g/mol. The van der Waals surface area contributed by atoms with E-state index < -0.39 is 47.4 Å². The van der Waals surface area contributed by atoms with Crippen LogP contribution in [0.5, 0.6) is 23.3 Å². The van der Waals surface area contributed by atoms with Crippen LogP contribution in [0.25, 0.3) is 0 Å². The molecule has 2 heterocycles. The van der Waals surface area contributed by atoms with Gasteiger partial charge in [-0.3, -0.25) is 19.7 Å². The second kappa shape index (κ2) is 20.0. The van der Waals surface area contributed by atoms with Crippen molar-refractivity contribution in [2.45, 2.75) is 104 Å². The van der Waals surface area contributed by atoms with Crippen LogP contribution in [0.1, 0.15) is 107 Å². The quantitative estimate of drug-likeness (QED) is 0.0623. The number of amides is 2. The highest BCUT2D eigenvalue weighted by molar-refractivity contribution is 7.90. The van der Waals surface area contributed by atoms with Gasteiger partial charge in [-0.15, -0.1) is 0 Å². The number of carbonyl (C=O) groups is 2. The van der Waals surface area contributed by atoms with Crippen LogP contribution in [0.2, 0.25) is 0 Å². The van der Waals surface area contributed by atoms with E-state index in [-0.39, 0.29) is 44.3 Å². The molecule has 0 saturated carbocycles. The molecule has 0 aliphatic rings. The lowest BCUT2D eigenvalue weighted by molar-refractivity contribution is -0.387. The number of ether oxygens (including phenoxy) is 2. The topological polar surface area (TPSA) is 240 Å². The first-order chi connectivity index (χ1) is 31.5. The zero-order valence-corrected chi connectivity index (χ0v) is 41.7. The third kappa shape index (κ3) is 12.2. The Morgan fingerprint density at radius 2 is 0.926 bits per heavy atom. The normalized spacial score (nSPS) is 11.8. The minimum absolute atomic E-state index is 0.000419. The van der Waals surface area contributed by atoms with Crippen LogP contribution >= 0.6 is 0 Å². The summed E-state index contributed by atoms with van der Waals surface area (Å²) in [6.07, 6.45) is 0. The number of sulfonamides is 2. The lowest BCUT2D eigenvalue weighted by Crippen LogP contribution is -2.31. The molecule has 6 rings (SSSR count). The number of nitro benzene ring substituents is 1. The highest BCUT2D eigenvalue weighted by atomic mass is 32.2. The molecule has 0 aliphatic heterocycles. The lowest BCUT2D eigenvalue weighted by atomic mass is 9.91. The van der Waals surface area contributed by atoms with Crippen LogP contribution in [0, 0.1) is 51.7 Å². The van der Waals surface area contributed by atoms with Gasteiger partial charge in [0.05, 0.1) is 10.6 Å². The molecule has 6 aromatic rings. The Kier molecular flexibility index (Phi) is 15.2. The lowest BCUT2D eigenvalue weighted by Gasteiger charge is -2.21. The number of nitrogens with one attached hydrogen (secondary N) is 2. The van der Waals surface area contributed by atoms with Gasteiger partial charge in [0, 0.05) is 28.3 Å². The third-order valence-electron chi connectivity index (χ3n) is 10.4. The van der Waals surface area contributed by atoms with Crippen LogP contribution in [0.4, 0.5) is 11.4 Å². The predicted octanol–water partition coefficient (Wildman–Crippen LogP) is 9.92. The Labute approximate surface area is 397 Å². The number of para-hydroxylation sites is 2. The van der Waals surface area contributed by atoms with Crippen molar-refractivity contribution in [3.63, 3.8) is 0 Å². The molecule has 18 heteroatoms. The molecule has 68 heavy (non-hydrogen) atoms. The van der Waals surface area contributed by atoms with E-state index in [1.54, 1.807) is 18.2 Å². The molecule has 0 fully saturated rings. The van der Waals surface area contributed by atoms with E-state index in [9.17, 15) is 36.5 Å². The standard InChI is InChI=1S/C25H27N3O6S.C25H29N3O4S/c1-15-13-16(2)22(17(3)14-15)34-24-18(11-12-21(26-24)25(4,5)6)23(29)27-35(32,33)20-10-8-7-9-19(20)28(30)31;1-15-13-16(2)22(17(3)14-15)32-24-18(11-12-21(27-24)25(4,5)6)23(29)28-33(30,31)20-10-8-7-9-19(20)26/h7-14H,1-6H3,(H,27,29);7-14H,26H2,1-6H3,(H,28,29). The fourth-order valence-electron chi connectivity index (χ4n) is 7.09. The van der Waals surface area contributed by atoms with Crippen molar-refractivity contribution in [1.29, 1.82) is 0 Å². The number of nitrogens with two attached hydrogens (primary N) is 1. The summed E-state index contributed by atoms with van der Waals surface area (Å²) in [7, 11) is -8.75. The fourth-order valence-corrected chi connectivity index (χ4v) is 9.33. The van der Waals surface area contributed by atoms with E-state index in [0.717, 1.165) is 45.5 Å². The molecule has 358 valence electrons. The number of nitro groups is 1. The van der Waals surface area contributed by atoms with Gasteiger partial charge in [0.15, 0.2) is 4.90 Å². The first kappa shape index (κ1) is 51.8. The molecule has 0 unspecified atom stereocenters. The Bertz CT molecular complexity index is 3130. The number of nitrogen functional groups attached to an aromatic ring is 1. The SMILES string of the molecule is Cc1cc(C)c(Oc2nc(C(C)(C)C)ccc2C(=O)NS(=O)(=O)c2ccccc2N)c(C)c1.Cc1cc(C)c(Oc2nc(C(C)(C)C)ccc2C(=O)NS(=O)(=O)c2ccccc2[N+](=O)[O-])c(C)c1. The Morgan fingerprint density at radius 1 is 0.574 bits per heavy atom. The zero-order valence-electron chi connectivity index (χ0n) is 40.1. The van der Waals surface area contributed by atoms with Crippen LogP contribution in [-0.2, 0) is 30.9 Å². The van der Waals surface area contributed by atoms with Crippen molar-refractivity contribution in [2.75, 3.05) is 5.73 Å². The van der Waals surface area contributed by atoms with Gasteiger partial charge in [-0.05, 0) is 106 Å². The summed E-state index contributed by atoms with van der Waals surface area (Å²) < 4.78 is 67.6. The molecule has 0 atom stereocenters. The van der Waals surface area contributed by atoms with E-state index in [1.807, 2.05) is 112 Å². The van der Waals surface area contributed by atoms with Gasteiger partial charge < -0.3 is 15.2 Å². The van der Waals surface area contributed by atoms with Crippen molar-refractivity contribution < 1.29 is 40.8 Å². The van der Waals surface area contributed by atoms with Crippen LogP contribution in [0.15, 0.2) is 107 Å². The number of hydrogen-bond acceptors (Lipinski definition) is 13. The number of rotatable bonds is 11.